The van der Waals surface area contributed by atoms with Crippen molar-refractivity contribution in [3.8, 4) is 17.2 Å². The number of rotatable bonds is 8. The van der Waals surface area contributed by atoms with Crippen LogP contribution in [0.5, 0.6) is 17.2 Å². The summed E-state index contributed by atoms with van der Waals surface area (Å²) in [5.41, 5.74) is 2.61. The summed E-state index contributed by atoms with van der Waals surface area (Å²) in [7, 11) is 5.03. The van der Waals surface area contributed by atoms with E-state index in [0.717, 1.165) is 42.9 Å². The van der Waals surface area contributed by atoms with Crippen molar-refractivity contribution in [1.29, 1.82) is 0 Å². The average molecular weight is 300 g/mol. The highest BCUT2D eigenvalue weighted by Gasteiger charge is 2.04. The van der Waals surface area contributed by atoms with Crippen molar-refractivity contribution >= 4 is 0 Å². The molecule has 2 rings (SSSR count). The van der Waals surface area contributed by atoms with Gasteiger partial charge in [-0.05, 0) is 61.1 Å². The van der Waals surface area contributed by atoms with Crippen LogP contribution in [0.4, 0.5) is 0 Å². The van der Waals surface area contributed by atoms with Gasteiger partial charge in [0.15, 0.2) is 11.5 Å². The molecule has 0 bridgehead atoms. The molecule has 118 valence electrons. The molecule has 0 aliphatic heterocycles. The van der Waals surface area contributed by atoms with Crippen LogP contribution >= 0.6 is 0 Å². The van der Waals surface area contributed by atoms with Crippen LogP contribution in [0.15, 0.2) is 42.5 Å². The molecule has 3 nitrogen and oxygen atoms in total. The Hall–Kier alpha value is -2.16. The predicted molar refractivity (Wildman–Crippen MR) is 89.2 cm³/mol. The monoisotopic (exact) mass is 300 g/mol. The second-order valence-corrected chi connectivity index (χ2v) is 5.25. The van der Waals surface area contributed by atoms with Gasteiger partial charge in [0.1, 0.15) is 5.75 Å². The molecule has 0 heterocycles. The van der Waals surface area contributed by atoms with Crippen molar-refractivity contribution < 1.29 is 14.2 Å². The first-order chi connectivity index (χ1) is 10.8. The van der Waals surface area contributed by atoms with Gasteiger partial charge < -0.3 is 14.2 Å². The van der Waals surface area contributed by atoms with Crippen LogP contribution in [0.25, 0.3) is 0 Å². The van der Waals surface area contributed by atoms with E-state index in [4.69, 9.17) is 14.2 Å². The first kappa shape index (κ1) is 16.2. The minimum atomic E-state index is 0.780. The van der Waals surface area contributed by atoms with E-state index in [1.54, 1.807) is 21.3 Å². The minimum Gasteiger partial charge on any atom is -0.497 e. The summed E-state index contributed by atoms with van der Waals surface area (Å²) in [6.07, 6.45) is 4.42. The first-order valence-corrected chi connectivity index (χ1v) is 7.60. The number of hydrogen-bond donors (Lipinski definition) is 0. The lowest BCUT2D eigenvalue weighted by Crippen LogP contribution is -1.94. The van der Waals surface area contributed by atoms with Gasteiger partial charge >= 0.3 is 0 Å². The summed E-state index contributed by atoms with van der Waals surface area (Å²) in [4.78, 5) is 0. The third kappa shape index (κ3) is 4.42. The van der Waals surface area contributed by atoms with Gasteiger partial charge in [-0.25, -0.2) is 0 Å². The van der Waals surface area contributed by atoms with Gasteiger partial charge in [-0.2, -0.15) is 0 Å². The molecule has 0 radical (unpaired) electrons. The lowest BCUT2D eigenvalue weighted by Gasteiger charge is -2.09. The van der Waals surface area contributed by atoms with E-state index in [1.807, 2.05) is 18.2 Å². The molecule has 0 fully saturated rings. The largest absolute Gasteiger partial charge is 0.497 e. The quantitative estimate of drug-likeness (QED) is 0.681. The maximum absolute atomic E-state index is 5.34. The van der Waals surface area contributed by atoms with E-state index in [1.165, 1.54) is 11.1 Å². The van der Waals surface area contributed by atoms with Crippen molar-refractivity contribution in [3.63, 3.8) is 0 Å². The van der Waals surface area contributed by atoms with Gasteiger partial charge in [-0.3, -0.25) is 0 Å². The highest BCUT2D eigenvalue weighted by atomic mass is 16.5. The molecule has 0 amide bonds. The smallest absolute Gasteiger partial charge is 0.160 e. The average Bonchev–Trinajstić information content (AvgIpc) is 2.58. The molecule has 0 spiro atoms. The zero-order chi connectivity index (χ0) is 15.8. The number of benzene rings is 2. The fraction of sp³-hybridized carbons (Fsp3) is 0.368. The zero-order valence-electron chi connectivity index (χ0n) is 13.6. The highest BCUT2D eigenvalue weighted by molar-refractivity contribution is 5.42. The van der Waals surface area contributed by atoms with E-state index in [2.05, 4.69) is 24.3 Å². The second kappa shape index (κ2) is 8.32. The molecule has 0 saturated heterocycles. The maximum atomic E-state index is 5.34. The summed E-state index contributed by atoms with van der Waals surface area (Å²) in [6, 6.07) is 14.4. The van der Waals surface area contributed by atoms with Crippen molar-refractivity contribution in [2.45, 2.75) is 25.7 Å². The lowest BCUT2D eigenvalue weighted by molar-refractivity contribution is 0.354. The highest BCUT2D eigenvalue weighted by Crippen LogP contribution is 2.28. The van der Waals surface area contributed by atoms with Gasteiger partial charge in [-0.15, -0.1) is 0 Å². The molecular formula is C19H24O3. The maximum Gasteiger partial charge on any atom is 0.160 e. The van der Waals surface area contributed by atoms with E-state index in [-0.39, 0.29) is 0 Å². The minimum absolute atomic E-state index is 0.780. The van der Waals surface area contributed by atoms with Gasteiger partial charge in [0.2, 0.25) is 0 Å². The standard InChI is InChI=1S/C19H24O3/c1-20-17-10-6-9-15(13-17)7-4-5-8-16-11-12-18(21-2)19(14-16)22-3/h6,9-14H,4-5,7-8H2,1-3H3. The Morgan fingerprint density at radius 3 is 2.00 bits per heavy atom. The van der Waals surface area contributed by atoms with Gasteiger partial charge in [-0.1, -0.05) is 18.2 Å². The van der Waals surface area contributed by atoms with Crippen LogP contribution in [0, 0.1) is 0 Å². The number of unbranched alkanes of at least 4 members (excludes halogenated alkanes) is 1. The second-order valence-electron chi connectivity index (χ2n) is 5.25. The molecule has 0 unspecified atom stereocenters. The van der Waals surface area contributed by atoms with Crippen LogP contribution in [-0.4, -0.2) is 21.3 Å². The number of aryl methyl sites for hydroxylation is 2. The third-order valence-corrected chi connectivity index (χ3v) is 3.76. The molecule has 0 saturated carbocycles. The predicted octanol–water partition coefficient (Wildman–Crippen LogP) is 4.28. The van der Waals surface area contributed by atoms with Gasteiger partial charge in [0.25, 0.3) is 0 Å². The fourth-order valence-corrected chi connectivity index (χ4v) is 2.52. The van der Waals surface area contributed by atoms with E-state index in [9.17, 15) is 0 Å². The summed E-state index contributed by atoms with van der Waals surface area (Å²) in [5.74, 6) is 2.51. The van der Waals surface area contributed by atoms with Crippen LogP contribution < -0.4 is 14.2 Å². The van der Waals surface area contributed by atoms with Crippen LogP contribution in [0.1, 0.15) is 24.0 Å². The normalized spacial score (nSPS) is 10.3. The molecular weight excluding hydrogens is 276 g/mol. The first-order valence-electron chi connectivity index (χ1n) is 7.60. The van der Waals surface area contributed by atoms with Crippen molar-refractivity contribution in [3.05, 3.63) is 53.6 Å². The van der Waals surface area contributed by atoms with Crippen LogP contribution in [0.3, 0.4) is 0 Å². The number of ether oxygens (including phenoxy) is 3. The molecule has 2 aromatic carbocycles. The lowest BCUT2D eigenvalue weighted by atomic mass is 10.0. The van der Waals surface area contributed by atoms with Gasteiger partial charge in [0, 0.05) is 0 Å². The molecule has 0 aromatic heterocycles. The van der Waals surface area contributed by atoms with E-state index in [0.29, 0.717) is 0 Å². The van der Waals surface area contributed by atoms with Gasteiger partial charge in [0.05, 0.1) is 21.3 Å². The SMILES string of the molecule is COc1cccc(CCCCc2ccc(OC)c(OC)c2)c1. The Labute approximate surface area is 132 Å². The summed E-state index contributed by atoms with van der Waals surface area (Å²) in [5, 5.41) is 0. The molecule has 0 atom stereocenters. The number of methoxy groups -OCH3 is 3. The summed E-state index contributed by atoms with van der Waals surface area (Å²) in [6.45, 7) is 0. The third-order valence-electron chi connectivity index (χ3n) is 3.76. The fourth-order valence-electron chi connectivity index (χ4n) is 2.52. The summed E-state index contributed by atoms with van der Waals surface area (Å²) < 4.78 is 15.9. The van der Waals surface area contributed by atoms with E-state index < -0.39 is 0 Å². The Kier molecular flexibility index (Phi) is 6.13. The van der Waals surface area contributed by atoms with E-state index >= 15 is 0 Å². The van der Waals surface area contributed by atoms with Crippen molar-refractivity contribution in [2.75, 3.05) is 21.3 Å². The molecule has 0 N–H and O–H groups in total. The zero-order valence-corrected chi connectivity index (χ0v) is 13.6. The molecule has 0 aliphatic rings. The Balaban J connectivity index is 1.83. The molecule has 22 heavy (non-hydrogen) atoms. The molecule has 3 heteroatoms. The Bertz CT molecular complexity index is 593. The summed E-state index contributed by atoms with van der Waals surface area (Å²) >= 11 is 0. The van der Waals surface area contributed by atoms with Crippen molar-refractivity contribution in [1.82, 2.24) is 0 Å². The molecule has 2 aromatic rings. The van der Waals surface area contributed by atoms with Crippen molar-refractivity contribution in [2.24, 2.45) is 0 Å². The number of hydrogen-bond acceptors (Lipinski definition) is 3. The van der Waals surface area contributed by atoms with Crippen LogP contribution in [0.2, 0.25) is 0 Å². The molecule has 0 aliphatic carbocycles. The Morgan fingerprint density at radius 1 is 0.682 bits per heavy atom. The van der Waals surface area contributed by atoms with Crippen LogP contribution in [-0.2, 0) is 12.8 Å². The topological polar surface area (TPSA) is 27.7 Å². The Morgan fingerprint density at radius 2 is 1.36 bits per heavy atom.